The molecule has 1 aliphatic rings. The van der Waals surface area contributed by atoms with E-state index in [-0.39, 0.29) is 24.2 Å². The van der Waals surface area contributed by atoms with Crippen molar-refractivity contribution >= 4 is 17.2 Å². The summed E-state index contributed by atoms with van der Waals surface area (Å²) in [7, 11) is 0. The zero-order valence-corrected chi connectivity index (χ0v) is 13.0. The van der Waals surface area contributed by atoms with E-state index in [1.807, 2.05) is 17.9 Å². The third-order valence-corrected chi connectivity index (χ3v) is 4.96. The van der Waals surface area contributed by atoms with Crippen molar-refractivity contribution in [2.45, 2.75) is 58.8 Å². The van der Waals surface area contributed by atoms with Crippen LogP contribution in [0, 0.1) is 5.92 Å². The van der Waals surface area contributed by atoms with Crippen molar-refractivity contribution in [3.8, 4) is 0 Å². The highest BCUT2D eigenvalue weighted by Gasteiger charge is 2.40. The Morgan fingerprint density at radius 1 is 1.47 bits per heavy atom. The molecule has 4 unspecified atom stereocenters. The van der Waals surface area contributed by atoms with E-state index in [9.17, 15) is 4.79 Å². The summed E-state index contributed by atoms with van der Waals surface area (Å²) >= 11 is 1.71. The van der Waals surface area contributed by atoms with Crippen LogP contribution in [-0.2, 0) is 4.79 Å². The minimum Gasteiger partial charge on any atom is -0.318 e. The number of nitrogens with zero attached hydrogens (tertiary/aromatic N) is 1. The quantitative estimate of drug-likeness (QED) is 0.896. The number of amides is 1. The Bertz CT molecular complexity index is 418. The third kappa shape index (κ3) is 3.00. The van der Waals surface area contributed by atoms with Gasteiger partial charge in [0.2, 0.25) is 5.91 Å². The van der Waals surface area contributed by atoms with Gasteiger partial charge in [0.05, 0.1) is 6.04 Å². The number of thiophene rings is 1. The van der Waals surface area contributed by atoms with E-state index in [4.69, 9.17) is 0 Å². The van der Waals surface area contributed by atoms with Gasteiger partial charge in [0, 0.05) is 10.9 Å². The molecule has 0 spiro atoms. The van der Waals surface area contributed by atoms with Crippen molar-refractivity contribution in [2.75, 3.05) is 0 Å². The maximum atomic E-state index is 12.4. The third-order valence-electron chi connectivity index (χ3n) is 4.04. The molecule has 1 fully saturated rings. The molecular formula is C15H24N2OS. The fraction of sp³-hybridized carbons (Fsp3) is 0.667. The summed E-state index contributed by atoms with van der Waals surface area (Å²) in [5.41, 5.74) is 0. The highest BCUT2D eigenvalue weighted by Crippen LogP contribution is 2.32. The topological polar surface area (TPSA) is 32.3 Å². The van der Waals surface area contributed by atoms with Crippen molar-refractivity contribution < 1.29 is 4.79 Å². The highest BCUT2D eigenvalue weighted by atomic mass is 32.1. The summed E-state index contributed by atoms with van der Waals surface area (Å²) in [4.78, 5) is 15.7. The van der Waals surface area contributed by atoms with Gasteiger partial charge in [-0.1, -0.05) is 26.3 Å². The van der Waals surface area contributed by atoms with E-state index in [1.165, 1.54) is 11.3 Å². The van der Waals surface area contributed by atoms with Crippen LogP contribution in [0.25, 0.3) is 0 Å². The van der Waals surface area contributed by atoms with Gasteiger partial charge in [-0.2, -0.15) is 0 Å². The Hall–Kier alpha value is -0.870. The van der Waals surface area contributed by atoms with Gasteiger partial charge in [-0.15, -0.1) is 11.3 Å². The molecule has 1 amide bonds. The molecular weight excluding hydrogens is 256 g/mol. The van der Waals surface area contributed by atoms with Gasteiger partial charge in [0.1, 0.15) is 6.17 Å². The van der Waals surface area contributed by atoms with Crippen molar-refractivity contribution in [3.05, 3.63) is 22.4 Å². The van der Waals surface area contributed by atoms with Crippen LogP contribution < -0.4 is 5.32 Å². The SMILES string of the molecule is CCC(C)CC(C)N1C(=O)C(C)NC1c1cccs1. The lowest BCUT2D eigenvalue weighted by Crippen LogP contribution is -2.38. The molecule has 0 aromatic carbocycles. The van der Waals surface area contributed by atoms with Gasteiger partial charge in [-0.25, -0.2) is 0 Å². The van der Waals surface area contributed by atoms with Crippen LogP contribution in [0.4, 0.5) is 0 Å². The number of hydrogen-bond donors (Lipinski definition) is 1. The molecule has 1 aromatic rings. The standard InChI is InChI=1S/C15H24N2OS/c1-5-10(2)9-11(3)17-14(13-7-6-8-19-13)16-12(4)15(17)18/h6-8,10-12,14,16H,5,9H2,1-4H3. The molecule has 3 nitrogen and oxygen atoms in total. The molecule has 19 heavy (non-hydrogen) atoms. The minimum absolute atomic E-state index is 0.0570. The second-order valence-electron chi connectivity index (χ2n) is 5.65. The first-order valence-electron chi connectivity index (χ1n) is 7.16. The van der Waals surface area contributed by atoms with E-state index in [2.05, 4.69) is 37.5 Å². The lowest BCUT2D eigenvalue weighted by atomic mass is 9.99. The van der Waals surface area contributed by atoms with Crippen molar-refractivity contribution in [2.24, 2.45) is 5.92 Å². The van der Waals surface area contributed by atoms with Crippen LogP contribution in [-0.4, -0.2) is 22.9 Å². The molecule has 0 saturated carbocycles. The fourth-order valence-corrected chi connectivity index (χ4v) is 3.52. The summed E-state index contributed by atoms with van der Waals surface area (Å²) < 4.78 is 0. The number of rotatable bonds is 5. The van der Waals surface area contributed by atoms with E-state index in [0.29, 0.717) is 5.92 Å². The van der Waals surface area contributed by atoms with Gasteiger partial charge in [-0.05, 0) is 37.6 Å². The molecule has 0 bridgehead atoms. The predicted molar refractivity (Wildman–Crippen MR) is 80.0 cm³/mol. The monoisotopic (exact) mass is 280 g/mol. The van der Waals surface area contributed by atoms with Crippen LogP contribution in [0.15, 0.2) is 17.5 Å². The molecule has 1 N–H and O–H groups in total. The number of carbonyl (C=O) groups excluding carboxylic acids is 1. The van der Waals surface area contributed by atoms with Gasteiger partial charge in [-0.3, -0.25) is 10.1 Å². The zero-order chi connectivity index (χ0) is 14.0. The number of carbonyl (C=O) groups is 1. The van der Waals surface area contributed by atoms with Gasteiger partial charge < -0.3 is 4.90 Å². The molecule has 0 radical (unpaired) electrons. The average molecular weight is 280 g/mol. The summed E-state index contributed by atoms with van der Waals surface area (Å²) in [5.74, 6) is 0.886. The van der Waals surface area contributed by atoms with Crippen LogP contribution in [0.3, 0.4) is 0 Å². The molecule has 2 heterocycles. The van der Waals surface area contributed by atoms with Crippen molar-refractivity contribution in [1.82, 2.24) is 10.2 Å². The summed E-state index contributed by atoms with van der Waals surface area (Å²) in [6, 6.07) is 4.36. The molecule has 2 rings (SSSR count). The Morgan fingerprint density at radius 3 is 2.79 bits per heavy atom. The zero-order valence-electron chi connectivity index (χ0n) is 12.2. The lowest BCUT2D eigenvalue weighted by Gasteiger charge is -2.31. The number of nitrogens with one attached hydrogen (secondary N) is 1. The Kier molecular flexibility index (Phi) is 4.63. The molecule has 1 saturated heterocycles. The Labute approximate surface area is 120 Å². The molecule has 4 atom stereocenters. The molecule has 0 aliphatic carbocycles. The van der Waals surface area contributed by atoms with Crippen molar-refractivity contribution in [3.63, 3.8) is 0 Å². The van der Waals surface area contributed by atoms with Crippen molar-refractivity contribution in [1.29, 1.82) is 0 Å². The molecule has 4 heteroatoms. The lowest BCUT2D eigenvalue weighted by molar-refractivity contribution is -0.132. The average Bonchev–Trinajstić information content (AvgIpc) is 2.98. The van der Waals surface area contributed by atoms with Crippen LogP contribution >= 0.6 is 11.3 Å². The summed E-state index contributed by atoms with van der Waals surface area (Å²) in [6.45, 7) is 8.60. The minimum atomic E-state index is -0.0773. The van der Waals surface area contributed by atoms with Gasteiger partial charge >= 0.3 is 0 Å². The molecule has 1 aliphatic heterocycles. The second-order valence-corrected chi connectivity index (χ2v) is 6.63. The largest absolute Gasteiger partial charge is 0.318 e. The van der Waals surface area contributed by atoms with E-state index in [1.54, 1.807) is 11.3 Å². The first kappa shape index (κ1) is 14.5. The maximum Gasteiger partial charge on any atom is 0.241 e. The summed E-state index contributed by atoms with van der Waals surface area (Å²) in [6.07, 6.45) is 2.29. The van der Waals surface area contributed by atoms with E-state index < -0.39 is 0 Å². The Morgan fingerprint density at radius 2 is 2.21 bits per heavy atom. The van der Waals surface area contributed by atoms with Gasteiger partial charge in [0.15, 0.2) is 0 Å². The highest BCUT2D eigenvalue weighted by molar-refractivity contribution is 7.10. The maximum absolute atomic E-state index is 12.4. The van der Waals surface area contributed by atoms with Crippen LogP contribution in [0.5, 0.6) is 0 Å². The first-order valence-corrected chi connectivity index (χ1v) is 8.04. The van der Waals surface area contributed by atoms with Crippen LogP contribution in [0.2, 0.25) is 0 Å². The second kappa shape index (κ2) is 6.06. The smallest absolute Gasteiger partial charge is 0.241 e. The summed E-state index contributed by atoms with van der Waals surface area (Å²) in [5, 5.41) is 5.49. The van der Waals surface area contributed by atoms with E-state index in [0.717, 1.165) is 6.42 Å². The normalized spacial score (nSPS) is 26.7. The molecule has 1 aromatic heterocycles. The van der Waals surface area contributed by atoms with E-state index >= 15 is 0 Å². The van der Waals surface area contributed by atoms with Gasteiger partial charge in [0.25, 0.3) is 0 Å². The molecule has 106 valence electrons. The predicted octanol–water partition coefficient (Wildman–Crippen LogP) is 3.39. The fourth-order valence-electron chi connectivity index (χ4n) is 2.74. The first-order chi connectivity index (χ1) is 9.04. The Balaban J connectivity index is 2.16. The number of hydrogen-bond acceptors (Lipinski definition) is 3. The van der Waals surface area contributed by atoms with Crippen LogP contribution in [0.1, 0.15) is 51.6 Å².